The number of thiocyanates is 1. The van der Waals surface area contributed by atoms with Crippen LogP contribution in [0.4, 0.5) is 5.69 Å². The second kappa shape index (κ2) is 8.36. The van der Waals surface area contributed by atoms with Crippen molar-refractivity contribution in [3.8, 4) is 5.40 Å². The second-order valence-electron chi connectivity index (χ2n) is 5.58. The van der Waals surface area contributed by atoms with Gasteiger partial charge in [-0.25, -0.2) is 4.79 Å². The van der Waals surface area contributed by atoms with Gasteiger partial charge in [-0.1, -0.05) is 0 Å². The number of aromatic nitrogens is 1. The molecule has 0 fully saturated rings. The number of ether oxygens (including phenoxy) is 1. The van der Waals surface area contributed by atoms with Gasteiger partial charge >= 0.3 is 5.97 Å². The smallest absolute Gasteiger partial charge is 0.355 e. The molecule has 1 amide bonds. The minimum absolute atomic E-state index is 0.161. The minimum Gasteiger partial charge on any atom is -0.451 e. The van der Waals surface area contributed by atoms with E-state index < -0.39 is 18.5 Å². The van der Waals surface area contributed by atoms with Gasteiger partial charge in [-0.2, -0.15) is 5.26 Å². The number of carbonyl (C=O) groups is 3. The molecule has 8 heteroatoms. The van der Waals surface area contributed by atoms with Crippen LogP contribution in [0.1, 0.15) is 33.3 Å². The molecule has 7 nitrogen and oxygen atoms in total. The molecule has 1 heterocycles. The van der Waals surface area contributed by atoms with Crippen LogP contribution in [0.15, 0.2) is 35.4 Å². The van der Waals surface area contributed by atoms with Crippen molar-refractivity contribution in [3.63, 3.8) is 0 Å². The van der Waals surface area contributed by atoms with Crippen LogP contribution in [-0.4, -0.2) is 28.8 Å². The number of aryl methyl sites for hydroxylation is 2. The lowest BCUT2D eigenvalue weighted by molar-refractivity contribution is -0.119. The first-order chi connectivity index (χ1) is 12.3. The molecule has 2 rings (SSSR count). The molecule has 2 aromatic rings. The van der Waals surface area contributed by atoms with Crippen molar-refractivity contribution in [3.05, 3.63) is 47.3 Å². The number of nitrogens with one attached hydrogen (secondary N) is 1. The number of hydrogen-bond acceptors (Lipinski definition) is 6. The molecular formula is C18H17N3O4S. The lowest BCUT2D eigenvalue weighted by Gasteiger charge is -2.10. The molecule has 0 radical (unpaired) electrons. The van der Waals surface area contributed by atoms with Crippen molar-refractivity contribution in [2.24, 2.45) is 7.05 Å². The maximum atomic E-state index is 12.1. The zero-order valence-electron chi connectivity index (χ0n) is 14.5. The van der Waals surface area contributed by atoms with Crippen LogP contribution >= 0.6 is 11.8 Å². The molecular weight excluding hydrogens is 354 g/mol. The SMILES string of the molecule is CC(=O)c1cc(C(=O)OCC(=O)Nc2ccc(SC#N)cc2C)n(C)c1. The first-order valence-corrected chi connectivity index (χ1v) is 8.44. The van der Waals surface area contributed by atoms with E-state index in [1.807, 2.05) is 5.40 Å². The van der Waals surface area contributed by atoms with Gasteiger partial charge in [-0.05, 0) is 55.4 Å². The van der Waals surface area contributed by atoms with Gasteiger partial charge in [-0.15, -0.1) is 0 Å². The van der Waals surface area contributed by atoms with Crippen LogP contribution in [0.3, 0.4) is 0 Å². The van der Waals surface area contributed by atoms with E-state index in [9.17, 15) is 14.4 Å². The van der Waals surface area contributed by atoms with Crippen molar-refractivity contribution < 1.29 is 19.1 Å². The van der Waals surface area contributed by atoms with Gasteiger partial charge in [0.2, 0.25) is 0 Å². The van der Waals surface area contributed by atoms with E-state index in [0.29, 0.717) is 11.3 Å². The molecule has 0 aliphatic rings. The zero-order chi connectivity index (χ0) is 19.3. The number of anilines is 1. The van der Waals surface area contributed by atoms with Gasteiger partial charge in [0.15, 0.2) is 12.4 Å². The average molecular weight is 371 g/mol. The van der Waals surface area contributed by atoms with E-state index in [4.69, 9.17) is 10.00 Å². The third-order valence-corrected chi connectivity index (χ3v) is 4.17. The number of ketones is 1. The Balaban J connectivity index is 1.95. The molecule has 0 bridgehead atoms. The van der Waals surface area contributed by atoms with Crippen molar-refractivity contribution in [2.45, 2.75) is 18.7 Å². The molecule has 0 saturated carbocycles. The summed E-state index contributed by atoms with van der Waals surface area (Å²) in [7, 11) is 1.62. The molecule has 0 unspecified atom stereocenters. The standard InChI is InChI=1S/C18H17N3O4S/c1-11-6-14(26-10-19)4-5-15(11)20-17(23)9-25-18(24)16-7-13(12(2)22)8-21(16)3/h4-8H,9H2,1-3H3,(H,20,23). The summed E-state index contributed by atoms with van der Waals surface area (Å²) in [6.07, 6.45) is 1.53. The van der Waals surface area contributed by atoms with Crippen molar-refractivity contribution in [2.75, 3.05) is 11.9 Å². The maximum absolute atomic E-state index is 12.1. The van der Waals surface area contributed by atoms with Crippen molar-refractivity contribution >= 4 is 35.1 Å². The number of amides is 1. The van der Waals surface area contributed by atoms with Crippen molar-refractivity contribution in [1.29, 1.82) is 5.26 Å². The highest BCUT2D eigenvalue weighted by Gasteiger charge is 2.16. The quantitative estimate of drug-likeness (QED) is 0.363. The second-order valence-corrected chi connectivity index (χ2v) is 6.43. The Morgan fingerprint density at radius 2 is 2.04 bits per heavy atom. The highest BCUT2D eigenvalue weighted by molar-refractivity contribution is 8.03. The lowest BCUT2D eigenvalue weighted by Crippen LogP contribution is -2.22. The number of benzene rings is 1. The summed E-state index contributed by atoms with van der Waals surface area (Å²) in [6, 6.07) is 6.61. The summed E-state index contributed by atoms with van der Waals surface area (Å²) in [5, 5.41) is 13.3. The zero-order valence-corrected chi connectivity index (χ0v) is 15.3. The van der Waals surface area contributed by atoms with Gasteiger partial charge in [0.1, 0.15) is 11.1 Å². The fourth-order valence-electron chi connectivity index (χ4n) is 2.24. The molecule has 0 aliphatic heterocycles. The van der Waals surface area contributed by atoms with E-state index in [0.717, 1.165) is 22.2 Å². The number of thioether (sulfide) groups is 1. The van der Waals surface area contributed by atoms with E-state index in [-0.39, 0.29) is 11.5 Å². The summed E-state index contributed by atoms with van der Waals surface area (Å²) in [4.78, 5) is 36.2. The Kier molecular flexibility index (Phi) is 6.20. The van der Waals surface area contributed by atoms with Crippen molar-refractivity contribution in [1.82, 2.24) is 4.57 Å². The van der Waals surface area contributed by atoms with Crippen LogP contribution in [0.5, 0.6) is 0 Å². The predicted molar refractivity (Wildman–Crippen MR) is 97.0 cm³/mol. The van der Waals surface area contributed by atoms with Crippen LogP contribution in [-0.2, 0) is 16.6 Å². The molecule has 0 aliphatic carbocycles. The predicted octanol–water partition coefficient (Wildman–Crippen LogP) is 2.90. The van der Waals surface area contributed by atoms with Crippen LogP contribution in [0.25, 0.3) is 0 Å². The third kappa shape index (κ3) is 4.74. The van der Waals surface area contributed by atoms with Gasteiger partial charge in [0.25, 0.3) is 5.91 Å². The number of hydrogen-bond donors (Lipinski definition) is 1. The Labute approximate surface area is 154 Å². The summed E-state index contributed by atoms with van der Waals surface area (Å²) in [6.45, 7) is 2.75. The summed E-state index contributed by atoms with van der Waals surface area (Å²) in [5.74, 6) is -1.33. The van der Waals surface area contributed by atoms with Crippen LogP contribution in [0.2, 0.25) is 0 Å². The Hall–Kier alpha value is -3.05. The molecule has 26 heavy (non-hydrogen) atoms. The first kappa shape index (κ1) is 19.3. The number of nitrogens with zero attached hydrogens (tertiary/aromatic N) is 2. The molecule has 0 saturated heterocycles. The third-order valence-electron chi connectivity index (χ3n) is 3.59. The largest absolute Gasteiger partial charge is 0.451 e. The Morgan fingerprint density at radius 1 is 1.31 bits per heavy atom. The van der Waals surface area contributed by atoms with E-state index >= 15 is 0 Å². The highest BCUT2D eigenvalue weighted by atomic mass is 32.2. The minimum atomic E-state index is -0.687. The Morgan fingerprint density at radius 3 is 2.62 bits per heavy atom. The Bertz CT molecular complexity index is 912. The van der Waals surface area contributed by atoms with E-state index in [1.165, 1.54) is 23.8 Å². The van der Waals surface area contributed by atoms with E-state index in [2.05, 4.69) is 5.32 Å². The van der Waals surface area contributed by atoms with Crippen LogP contribution in [0, 0.1) is 17.6 Å². The summed E-state index contributed by atoms with van der Waals surface area (Å²) < 4.78 is 6.49. The molecule has 0 atom stereocenters. The fourth-order valence-corrected chi connectivity index (χ4v) is 2.72. The average Bonchev–Trinajstić information content (AvgIpc) is 2.98. The monoisotopic (exact) mass is 371 g/mol. The normalized spacial score (nSPS) is 10.1. The van der Waals surface area contributed by atoms with Gasteiger partial charge in [0, 0.05) is 29.4 Å². The number of rotatable bonds is 6. The number of Topliss-reactive ketones (excluding diaryl/α,β-unsaturated/α-hetero) is 1. The first-order valence-electron chi connectivity index (χ1n) is 7.62. The summed E-state index contributed by atoms with van der Waals surface area (Å²) >= 11 is 1.03. The van der Waals surface area contributed by atoms with Gasteiger partial charge in [-0.3, -0.25) is 9.59 Å². The maximum Gasteiger partial charge on any atom is 0.355 e. The summed E-state index contributed by atoms with van der Waals surface area (Å²) in [5.41, 5.74) is 1.96. The van der Waals surface area contributed by atoms with Gasteiger partial charge < -0.3 is 14.6 Å². The number of nitriles is 1. The number of carbonyl (C=O) groups excluding carboxylic acids is 3. The highest BCUT2D eigenvalue weighted by Crippen LogP contribution is 2.23. The van der Waals surface area contributed by atoms with Gasteiger partial charge in [0.05, 0.1) is 0 Å². The fraction of sp³-hybridized carbons (Fsp3) is 0.222. The van der Waals surface area contributed by atoms with Crippen LogP contribution < -0.4 is 5.32 Å². The molecule has 0 spiro atoms. The number of esters is 1. The van der Waals surface area contributed by atoms with E-state index in [1.54, 1.807) is 32.2 Å². The molecule has 1 aromatic heterocycles. The molecule has 134 valence electrons. The molecule has 1 aromatic carbocycles. The topological polar surface area (TPSA) is 101 Å². The molecule has 1 N–H and O–H groups in total. The lowest BCUT2D eigenvalue weighted by atomic mass is 10.2.